The summed E-state index contributed by atoms with van der Waals surface area (Å²) < 4.78 is 66.6. The zero-order valence-corrected chi connectivity index (χ0v) is 29.1. The standard InChI is InChI=1S/4Fe.3H4O7P2.Pb.2H/c;;;;3*1-8(2,3)7-9(4,5)6;;;/h;;;;3*(H2,1,2,3)(H2,4,5,6);;;. The number of hydrogen-bond donors (Lipinski definition) is 12. The molecule has 0 saturated carbocycles. The third-order valence-corrected chi connectivity index (χ3v) is 5.74. The van der Waals surface area contributed by atoms with Gasteiger partial charge in [-0.2, -0.15) is 12.9 Å². The summed E-state index contributed by atoms with van der Waals surface area (Å²) in [5.41, 5.74) is 0. The Morgan fingerprint density at radius 2 is 0.375 bits per heavy atom. The molecule has 12 N–H and O–H groups in total. The van der Waals surface area contributed by atoms with E-state index < -0.39 is 46.9 Å². The topological polar surface area (TPSA) is 373 Å². The molecule has 0 atom stereocenters. The zero-order valence-electron chi connectivity index (χ0n) is 13.8. The Labute approximate surface area is 239 Å². The fraction of sp³-hybridized carbons (Fsp3) is 0. The first-order valence-electron chi connectivity index (χ1n) is 4.59. The van der Waals surface area contributed by atoms with Gasteiger partial charge in [-0.05, 0) is 0 Å². The molecule has 21 nitrogen and oxygen atoms in total. The van der Waals surface area contributed by atoms with E-state index in [1.54, 1.807) is 0 Å². The molecule has 32 heavy (non-hydrogen) atoms. The molecule has 0 bridgehead atoms. The summed E-state index contributed by atoms with van der Waals surface area (Å²) >= 11 is 0. The maximum atomic E-state index is 9.63. The van der Waals surface area contributed by atoms with Crippen molar-refractivity contribution < 1.29 is 167 Å². The van der Waals surface area contributed by atoms with Gasteiger partial charge in [-0.25, -0.2) is 27.4 Å². The minimum atomic E-state index is -5.05. The van der Waals surface area contributed by atoms with Crippen LogP contribution in [0.1, 0.15) is 0 Å². The zero-order chi connectivity index (χ0) is 23.1. The first kappa shape index (κ1) is 56.1. The average Bonchev–Trinajstić information content (AvgIpc) is 1.96. The van der Waals surface area contributed by atoms with Gasteiger partial charge >= 0.3 is 74.2 Å². The first-order chi connectivity index (χ1) is 11.1. The first-order valence-corrected chi connectivity index (χ1v) is 13.8. The molecule has 0 spiro atoms. The molecule has 0 rings (SSSR count). The van der Waals surface area contributed by atoms with Crippen molar-refractivity contribution in [3.8, 4) is 0 Å². The van der Waals surface area contributed by atoms with Crippen LogP contribution in [0.4, 0.5) is 0 Å². The van der Waals surface area contributed by atoms with E-state index in [1.165, 1.54) is 0 Å². The van der Waals surface area contributed by atoms with Gasteiger partial charge in [-0.15, -0.1) is 0 Å². The summed E-state index contributed by atoms with van der Waals surface area (Å²) in [6, 6.07) is 0. The van der Waals surface area contributed by atoms with Crippen molar-refractivity contribution in [1.82, 2.24) is 0 Å². The quantitative estimate of drug-likeness (QED) is 0.0913. The molecule has 206 valence electrons. The Morgan fingerprint density at radius 1 is 0.312 bits per heavy atom. The van der Waals surface area contributed by atoms with Crippen molar-refractivity contribution in [2.45, 2.75) is 0 Å². The molecule has 0 unspecified atom stereocenters. The summed E-state index contributed by atoms with van der Waals surface area (Å²) in [7, 11) is -30.3. The molecule has 0 aliphatic carbocycles. The van der Waals surface area contributed by atoms with Crippen LogP contribution in [0.5, 0.6) is 0 Å². The summed E-state index contributed by atoms with van der Waals surface area (Å²) in [6.07, 6.45) is 0. The predicted octanol–water partition coefficient (Wildman–Crippen LogP) is -3.36. The molecule has 0 aromatic heterocycles. The van der Waals surface area contributed by atoms with Crippen LogP contribution in [-0.2, 0) is 109 Å². The van der Waals surface area contributed by atoms with E-state index in [0.717, 1.165) is 0 Å². The summed E-state index contributed by atoms with van der Waals surface area (Å²) in [6.45, 7) is 0. The van der Waals surface area contributed by atoms with Crippen molar-refractivity contribution in [2.75, 3.05) is 0 Å². The van der Waals surface area contributed by atoms with E-state index in [-0.39, 0.29) is 95.6 Å². The number of phosphoric acid groups is 6. The minimum absolute atomic E-state index is 0. The molecule has 0 aromatic carbocycles. The van der Waals surface area contributed by atoms with Crippen LogP contribution in [0, 0.1) is 0 Å². The third kappa shape index (κ3) is 76.5. The molecule has 32 heteroatoms. The van der Waals surface area contributed by atoms with Gasteiger partial charge in [0, 0.05) is 68.3 Å². The average molecular weight is 967 g/mol. The molecule has 0 heterocycles. The van der Waals surface area contributed by atoms with Crippen LogP contribution in [-0.4, -0.2) is 86.0 Å². The van der Waals surface area contributed by atoms with Crippen molar-refractivity contribution >= 4 is 74.2 Å². The van der Waals surface area contributed by atoms with Crippen molar-refractivity contribution in [2.24, 2.45) is 0 Å². The fourth-order valence-electron chi connectivity index (χ4n) is 0.416. The summed E-state index contributed by atoms with van der Waals surface area (Å²) in [5.74, 6) is 0. The van der Waals surface area contributed by atoms with Gasteiger partial charge in [0.25, 0.3) is 0 Å². The predicted molar refractivity (Wildman–Crippen MR) is 84.1 cm³/mol. The molecular weight excluding hydrogens is 952 g/mol. The van der Waals surface area contributed by atoms with E-state index >= 15 is 0 Å². The van der Waals surface area contributed by atoms with E-state index in [4.69, 9.17) is 58.7 Å². The second-order valence-electron chi connectivity index (χ2n) is 3.19. The Bertz CT molecular complexity index is 566. The Morgan fingerprint density at radius 3 is 0.375 bits per heavy atom. The molecule has 0 saturated heterocycles. The van der Waals surface area contributed by atoms with Gasteiger partial charge in [0.2, 0.25) is 0 Å². The monoisotopic (exact) mass is 968 g/mol. The van der Waals surface area contributed by atoms with Crippen LogP contribution in [0.15, 0.2) is 0 Å². The molecule has 2 radical (unpaired) electrons. The van der Waals surface area contributed by atoms with Crippen LogP contribution in [0.2, 0.25) is 0 Å². The third-order valence-electron chi connectivity index (χ3n) is 0.638. The fourth-order valence-corrected chi connectivity index (χ4v) is 3.74. The summed E-state index contributed by atoms with van der Waals surface area (Å²) in [5, 5.41) is 0. The maximum absolute atomic E-state index is 9.63. The Kier molecular flexibility index (Phi) is 38.0. The SMILES string of the molecule is O=P(O)(O)OP(=O)(O)O.O=P(O)(O)OP(=O)(O)O.O=P(O)(O)OP(=O)(O)O.[Fe].[Fe].[Fe].[Fe].[PbH2]. The van der Waals surface area contributed by atoms with Gasteiger partial charge in [-0.1, -0.05) is 0 Å². The Hall–Kier alpha value is 3.78. The van der Waals surface area contributed by atoms with Gasteiger partial charge in [0.15, 0.2) is 0 Å². The molecule has 0 aliphatic heterocycles. The second-order valence-corrected chi connectivity index (χ2v) is 11.0. The molecule has 0 amide bonds. The molecule has 0 aliphatic rings. The van der Waals surface area contributed by atoms with Gasteiger partial charge in [0.05, 0.1) is 0 Å². The van der Waals surface area contributed by atoms with Gasteiger partial charge in [0.1, 0.15) is 0 Å². The van der Waals surface area contributed by atoms with Gasteiger partial charge < -0.3 is 58.7 Å². The summed E-state index contributed by atoms with van der Waals surface area (Å²) in [4.78, 5) is 93.0. The van der Waals surface area contributed by atoms with Crippen molar-refractivity contribution in [3.63, 3.8) is 0 Å². The number of hydrogen-bond acceptors (Lipinski definition) is 9. The van der Waals surface area contributed by atoms with Crippen LogP contribution < -0.4 is 0 Å². The molecule has 0 fully saturated rings. The van der Waals surface area contributed by atoms with E-state index in [0.29, 0.717) is 0 Å². The molecule has 0 aromatic rings. The van der Waals surface area contributed by atoms with Crippen molar-refractivity contribution in [3.05, 3.63) is 0 Å². The van der Waals surface area contributed by atoms with E-state index in [9.17, 15) is 27.4 Å². The molecular formula is H14Fe4O21P6Pb. The number of rotatable bonds is 6. The normalized spacial score (nSPS) is 11.6. The van der Waals surface area contributed by atoms with E-state index in [1.807, 2.05) is 0 Å². The Balaban J connectivity index is -0.0000000417. The van der Waals surface area contributed by atoms with Crippen LogP contribution in [0.3, 0.4) is 0 Å². The second kappa shape index (κ2) is 21.7. The van der Waals surface area contributed by atoms with Gasteiger partial charge in [-0.3, -0.25) is 0 Å². The van der Waals surface area contributed by atoms with Crippen LogP contribution >= 0.6 is 46.9 Å². The van der Waals surface area contributed by atoms with Crippen LogP contribution in [0.25, 0.3) is 0 Å². The van der Waals surface area contributed by atoms with Crippen molar-refractivity contribution in [1.29, 1.82) is 0 Å². The van der Waals surface area contributed by atoms with E-state index in [2.05, 4.69) is 12.9 Å².